The Kier molecular flexibility index (Phi) is 3.57. The molecule has 1 aromatic rings. The molecule has 4 heteroatoms. The number of fused-ring (bicyclic) bond motifs is 2. The number of nitrogens with zero attached hydrogens (tertiary/aromatic N) is 1. The summed E-state index contributed by atoms with van der Waals surface area (Å²) in [6, 6.07) is 10.5. The zero-order chi connectivity index (χ0) is 14.1. The maximum Gasteiger partial charge on any atom is 0.302 e. The van der Waals surface area contributed by atoms with Gasteiger partial charge in [-0.25, -0.2) is 0 Å². The number of carbonyl (C=O) groups is 2. The Labute approximate surface area is 118 Å². The van der Waals surface area contributed by atoms with E-state index in [0.29, 0.717) is 18.6 Å². The number of ketones is 1. The zero-order valence-corrected chi connectivity index (χ0v) is 11.6. The van der Waals surface area contributed by atoms with Crippen molar-refractivity contribution in [2.75, 3.05) is 0 Å². The first-order valence-corrected chi connectivity index (χ1v) is 7.12. The monoisotopic (exact) mass is 273 g/mol. The van der Waals surface area contributed by atoms with Crippen molar-refractivity contribution in [2.45, 2.75) is 50.9 Å². The number of esters is 1. The molecule has 0 spiro atoms. The molecule has 2 fully saturated rings. The molecule has 2 bridgehead atoms. The molecule has 2 heterocycles. The van der Waals surface area contributed by atoms with Crippen LogP contribution in [0.15, 0.2) is 30.3 Å². The van der Waals surface area contributed by atoms with Crippen LogP contribution in [0.3, 0.4) is 0 Å². The van der Waals surface area contributed by atoms with Crippen molar-refractivity contribution in [3.05, 3.63) is 35.9 Å². The van der Waals surface area contributed by atoms with Gasteiger partial charge in [0.1, 0.15) is 11.9 Å². The SMILES string of the molecule is CC(=O)O[C@H]1C[C@@H]2CC(=O)C[C@@H]1N2Cc1ccccc1. The fourth-order valence-corrected chi connectivity index (χ4v) is 3.45. The van der Waals surface area contributed by atoms with Gasteiger partial charge in [0.25, 0.3) is 0 Å². The molecule has 106 valence electrons. The van der Waals surface area contributed by atoms with Crippen molar-refractivity contribution in [1.29, 1.82) is 0 Å². The lowest BCUT2D eigenvalue weighted by atomic mass is 10.00. The van der Waals surface area contributed by atoms with Gasteiger partial charge in [0.15, 0.2) is 0 Å². The summed E-state index contributed by atoms with van der Waals surface area (Å²) < 4.78 is 5.41. The van der Waals surface area contributed by atoms with Gasteiger partial charge in [0.05, 0.1) is 6.04 Å². The fraction of sp³-hybridized carbons (Fsp3) is 0.500. The maximum absolute atomic E-state index is 11.8. The number of hydrogen-bond acceptors (Lipinski definition) is 4. The number of piperidine rings is 1. The van der Waals surface area contributed by atoms with Gasteiger partial charge < -0.3 is 4.74 Å². The van der Waals surface area contributed by atoms with E-state index in [0.717, 1.165) is 13.0 Å². The third-order valence-corrected chi connectivity index (χ3v) is 4.25. The fourth-order valence-electron chi connectivity index (χ4n) is 3.45. The summed E-state index contributed by atoms with van der Waals surface area (Å²) in [5.41, 5.74) is 1.24. The summed E-state index contributed by atoms with van der Waals surface area (Å²) in [5, 5.41) is 0. The summed E-state index contributed by atoms with van der Waals surface area (Å²) in [4.78, 5) is 25.3. The molecule has 2 saturated heterocycles. The number of Topliss-reactive ketones (excluding diaryl/α,β-unsaturated/α-hetero) is 1. The van der Waals surface area contributed by atoms with Crippen molar-refractivity contribution in [3.63, 3.8) is 0 Å². The Balaban J connectivity index is 1.77. The van der Waals surface area contributed by atoms with Gasteiger partial charge in [-0.1, -0.05) is 30.3 Å². The van der Waals surface area contributed by atoms with E-state index in [1.165, 1.54) is 12.5 Å². The lowest BCUT2D eigenvalue weighted by molar-refractivity contribution is -0.148. The minimum absolute atomic E-state index is 0.0466. The van der Waals surface area contributed by atoms with E-state index in [-0.39, 0.29) is 24.2 Å². The molecule has 0 aromatic heterocycles. The summed E-state index contributed by atoms with van der Waals surface area (Å²) in [6.45, 7) is 2.26. The maximum atomic E-state index is 11.8. The molecule has 0 amide bonds. The van der Waals surface area contributed by atoms with Gasteiger partial charge in [0, 0.05) is 38.8 Å². The highest BCUT2D eigenvalue weighted by Crippen LogP contribution is 2.37. The standard InChI is InChI=1S/C16H19NO3/c1-11(18)20-16-8-13-7-14(19)9-15(16)17(13)10-12-5-3-2-4-6-12/h2-6,13,15-16H,7-10H2,1H3/t13-,15-,16-/m0/s1. The number of benzene rings is 1. The molecular formula is C16H19NO3. The summed E-state index contributed by atoms with van der Waals surface area (Å²) in [7, 11) is 0. The topological polar surface area (TPSA) is 46.6 Å². The van der Waals surface area contributed by atoms with Gasteiger partial charge in [-0.05, 0) is 5.56 Å². The van der Waals surface area contributed by atoms with Crippen molar-refractivity contribution >= 4 is 11.8 Å². The summed E-state index contributed by atoms with van der Waals surface area (Å²) >= 11 is 0. The van der Waals surface area contributed by atoms with Crippen molar-refractivity contribution in [2.24, 2.45) is 0 Å². The minimum atomic E-state index is -0.255. The lowest BCUT2D eigenvalue weighted by Crippen LogP contribution is -2.45. The Morgan fingerprint density at radius 2 is 2.05 bits per heavy atom. The van der Waals surface area contributed by atoms with Crippen LogP contribution in [0.5, 0.6) is 0 Å². The van der Waals surface area contributed by atoms with E-state index in [2.05, 4.69) is 17.0 Å². The molecule has 3 rings (SSSR count). The molecule has 0 unspecified atom stereocenters. The molecule has 1 aromatic carbocycles. The van der Waals surface area contributed by atoms with Gasteiger partial charge in [-0.3, -0.25) is 14.5 Å². The highest BCUT2D eigenvalue weighted by atomic mass is 16.5. The molecule has 0 aliphatic carbocycles. The molecule has 4 nitrogen and oxygen atoms in total. The molecule has 0 saturated carbocycles. The highest BCUT2D eigenvalue weighted by molar-refractivity contribution is 5.81. The summed E-state index contributed by atoms with van der Waals surface area (Å²) in [6.07, 6.45) is 1.73. The van der Waals surface area contributed by atoms with Crippen LogP contribution in [0, 0.1) is 0 Å². The minimum Gasteiger partial charge on any atom is -0.461 e. The van der Waals surface area contributed by atoms with E-state index < -0.39 is 0 Å². The average Bonchev–Trinajstić information content (AvgIpc) is 2.60. The first-order valence-electron chi connectivity index (χ1n) is 7.12. The van der Waals surface area contributed by atoms with Crippen LogP contribution in [0.25, 0.3) is 0 Å². The van der Waals surface area contributed by atoms with E-state index >= 15 is 0 Å². The predicted molar refractivity (Wildman–Crippen MR) is 74.0 cm³/mol. The van der Waals surface area contributed by atoms with E-state index in [9.17, 15) is 9.59 Å². The quantitative estimate of drug-likeness (QED) is 0.789. The number of hydrogen-bond donors (Lipinski definition) is 0. The van der Waals surface area contributed by atoms with Crippen LogP contribution in [0.1, 0.15) is 31.7 Å². The van der Waals surface area contributed by atoms with Gasteiger partial charge in [-0.15, -0.1) is 0 Å². The van der Waals surface area contributed by atoms with Crippen LogP contribution in [0.2, 0.25) is 0 Å². The highest BCUT2D eigenvalue weighted by Gasteiger charge is 2.47. The second kappa shape index (κ2) is 5.37. The van der Waals surface area contributed by atoms with Crippen molar-refractivity contribution in [1.82, 2.24) is 4.90 Å². The molecule has 0 radical (unpaired) electrons. The van der Waals surface area contributed by atoms with Crippen LogP contribution < -0.4 is 0 Å². The smallest absolute Gasteiger partial charge is 0.302 e. The van der Waals surface area contributed by atoms with Crippen molar-refractivity contribution in [3.8, 4) is 0 Å². The van der Waals surface area contributed by atoms with Crippen LogP contribution >= 0.6 is 0 Å². The molecule has 0 N–H and O–H groups in total. The first kappa shape index (κ1) is 13.3. The van der Waals surface area contributed by atoms with E-state index in [1.807, 2.05) is 18.2 Å². The molecular weight excluding hydrogens is 254 g/mol. The van der Waals surface area contributed by atoms with Crippen LogP contribution in [-0.2, 0) is 20.9 Å². The zero-order valence-electron chi connectivity index (χ0n) is 11.6. The molecule has 2 aliphatic rings. The van der Waals surface area contributed by atoms with Gasteiger partial charge in [0.2, 0.25) is 0 Å². The molecule has 2 aliphatic heterocycles. The Hall–Kier alpha value is -1.68. The largest absolute Gasteiger partial charge is 0.461 e. The second-order valence-electron chi connectivity index (χ2n) is 5.71. The number of carbonyl (C=O) groups excluding carboxylic acids is 2. The average molecular weight is 273 g/mol. The molecule has 3 atom stereocenters. The van der Waals surface area contributed by atoms with Crippen molar-refractivity contribution < 1.29 is 14.3 Å². The Morgan fingerprint density at radius 1 is 1.30 bits per heavy atom. The van der Waals surface area contributed by atoms with Gasteiger partial charge in [-0.2, -0.15) is 0 Å². The Morgan fingerprint density at radius 3 is 2.75 bits per heavy atom. The number of rotatable bonds is 3. The molecule has 20 heavy (non-hydrogen) atoms. The van der Waals surface area contributed by atoms with E-state index in [4.69, 9.17) is 4.74 Å². The van der Waals surface area contributed by atoms with Gasteiger partial charge >= 0.3 is 5.97 Å². The normalized spacial score (nSPS) is 29.4. The third kappa shape index (κ3) is 2.61. The van der Waals surface area contributed by atoms with Crippen LogP contribution in [-0.4, -0.2) is 34.8 Å². The van der Waals surface area contributed by atoms with Crippen LogP contribution in [0.4, 0.5) is 0 Å². The second-order valence-corrected chi connectivity index (χ2v) is 5.71. The van der Waals surface area contributed by atoms with E-state index in [1.54, 1.807) is 0 Å². The Bertz CT molecular complexity index is 514. The predicted octanol–water partition coefficient (Wildman–Crippen LogP) is 1.92. The number of ether oxygens (including phenoxy) is 1. The lowest BCUT2D eigenvalue weighted by Gasteiger charge is -2.34. The summed E-state index contributed by atoms with van der Waals surface area (Å²) in [5.74, 6) is 0.0358. The first-order chi connectivity index (χ1) is 9.63. The third-order valence-electron chi connectivity index (χ3n) is 4.25.